The lowest BCUT2D eigenvalue weighted by molar-refractivity contribution is -0.109. The third kappa shape index (κ3) is 6.91. The fourth-order valence-corrected chi connectivity index (χ4v) is 4.49. The molecule has 0 spiro atoms. The van der Waals surface area contributed by atoms with Crippen molar-refractivity contribution in [1.29, 1.82) is 0 Å². The molecule has 3 N–H and O–H groups in total. The molecule has 2 aliphatic rings. The molecule has 0 unspecified atom stereocenters. The summed E-state index contributed by atoms with van der Waals surface area (Å²) in [5, 5.41) is 2.67. The van der Waals surface area contributed by atoms with Crippen LogP contribution in [-0.4, -0.2) is 52.4 Å². The number of ketones is 1. The second-order valence-corrected chi connectivity index (χ2v) is 9.25. The molecule has 1 amide bonds. The molecule has 1 aromatic heterocycles. The number of hydrogen-bond acceptors (Lipinski definition) is 6. The van der Waals surface area contributed by atoms with Gasteiger partial charge in [-0.15, -0.1) is 0 Å². The number of carbonyl (C=O) groups excluding carboxylic acids is 2. The number of piperidine rings is 1. The lowest BCUT2D eigenvalue weighted by Crippen LogP contribution is -2.45. The zero-order chi connectivity index (χ0) is 25.2. The van der Waals surface area contributed by atoms with E-state index in [1.54, 1.807) is 6.92 Å². The van der Waals surface area contributed by atoms with Gasteiger partial charge in [0, 0.05) is 13.1 Å². The maximum atomic E-state index is 12.9. The molecule has 9 nitrogen and oxygen atoms in total. The predicted octanol–water partition coefficient (Wildman–Crippen LogP) is 1.86. The van der Waals surface area contributed by atoms with Crippen LogP contribution >= 0.6 is 0 Å². The Morgan fingerprint density at radius 3 is 2.31 bits per heavy atom. The van der Waals surface area contributed by atoms with Crippen LogP contribution in [0.5, 0.6) is 0 Å². The van der Waals surface area contributed by atoms with Gasteiger partial charge in [0.15, 0.2) is 5.78 Å². The number of aromatic nitrogens is 2. The van der Waals surface area contributed by atoms with Crippen LogP contribution in [0.1, 0.15) is 61.4 Å². The van der Waals surface area contributed by atoms with Crippen LogP contribution < -0.4 is 22.3 Å². The lowest BCUT2D eigenvalue weighted by Gasteiger charge is -2.26. The number of nitrogens with zero attached hydrogens (tertiary/aromatic N) is 3. The smallest absolute Gasteiger partial charge is 0.332 e. The molecule has 35 heavy (non-hydrogen) atoms. The predicted molar refractivity (Wildman–Crippen MR) is 137 cm³/mol. The van der Waals surface area contributed by atoms with E-state index >= 15 is 0 Å². The minimum Gasteiger partial charge on any atom is -0.384 e. The van der Waals surface area contributed by atoms with E-state index in [0.717, 1.165) is 61.4 Å². The Hall–Kier alpha value is -3.20. The summed E-state index contributed by atoms with van der Waals surface area (Å²) in [5.74, 6) is 0.434. The number of amides is 1. The van der Waals surface area contributed by atoms with Gasteiger partial charge in [-0.1, -0.05) is 43.2 Å². The second-order valence-electron chi connectivity index (χ2n) is 9.25. The topological polar surface area (TPSA) is 119 Å². The van der Waals surface area contributed by atoms with Crippen molar-refractivity contribution < 1.29 is 9.59 Å². The summed E-state index contributed by atoms with van der Waals surface area (Å²) in [6, 6.07) is 9.38. The summed E-state index contributed by atoms with van der Waals surface area (Å²) >= 11 is 0. The molecule has 0 bridgehead atoms. The van der Waals surface area contributed by atoms with E-state index in [1.807, 2.05) is 35.2 Å². The number of likely N-dealkylation sites (tertiary alicyclic amines) is 1. The first-order chi connectivity index (χ1) is 17.0. The van der Waals surface area contributed by atoms with Crippen molar-refractivity contribution in [3.8, 4) is 0 Å². The molecular weight excluding hydrogens is 446 g/mol. The third-order valence-corrected chi connectivity index (χ3v) is 6.78. The lowest BCUT2D eigenvalue weighted by atomic mass is 9.86. The highest BCUT2D eigenvalue weighted by Gasteiger charge is 2.24. The first kappa shape index (κ1) is 26.4. The molecule has 2 heterocycles. The van der Waals surface area contributed by atoms with Gasteiger partial charge in [-0.05, 0) is 57.2 Å². The quantitative estimate of drug-likeness (QED) is 0.415. The van der Waals surface area contributed by atoms with Crippen molar-refractivity contribution >= 4 is 18.0 Å². The molecule has 2 fully saturated rings. The first-order valence-corrected chi connectivity index (χ1v) is 12.6. The molecule has 1 saturated carbocycles. The van der Waals surface area contributed by atoms with Gasteiger partial charge < -0.3 is 11.1 Å². The van der Waals surface area contributed by atoms with Gasteiger partial charge in [0.1, 0.15) is 11.4 Å². The van der Waals surface area contributed by atoms with Gasteiger partial charge in [0.25, 0.3) is 5.56 Å². The highest BCUT2D eigenvalue weighted by molar-refractivity contribution is 6.01. The molecule has 1 aliphatic heterocycles. The van der Waals surface area contributed by atoms with Gasteiger partial charge in [0.2, 0.25) is 6.41 Å². The van der Waals surface area contributed by atoms with Crippen LogP contribution in [0.25, 0.3) is 0 Å². The minimum absolute atomic E-state index is 0.0411. The Morgan fingerprint density at radius 2 is 1.74 bits per heavy atom. The fraction of sp³-hybridized carbons (Fsp3) is 0.538. The Kier molecular flexibility index (Phi) is 9.84. The maximum absolute atomic E-state index is 12.9. The molecule has 1 aliphatic carbocycles. The summed E-state index contributed by atoms with van der Waals surface area (Å²) in [7, 11) is 0. The number of nitrogens with one attached hydrogen (secondary N) is 1. The van der Waals surface area contributed by atoms with Crippen molar-refractivity contribution in [3.05, 3.63) is 62.3 Å². The number of nitrogen functional groups attached to an aromatic ring is 1. The summed E-state index contributed by atoms with van der Waals surface area (Å²) in [6.45, 7) is 4.86. The molecule has 1 saturated heterocycles. The number of rotatable bonds is 9. The number of nitrogens with two attached hydrogens (primary N) is 1. The van der Waals surface area contributed by atoms with E-state index in [-0.39, 0.29) is 36.8 Å². The second kappa shape index (κ2) is 13.0. The number of anilines is 1. The van der Waals surface area contributed by atoms with Crippen LogP contribution in [0.15, 0.2) is 39.9 Å². The van der Waals surface area contributed by atoms with E-state index in [2.05, 4.69) is 5.32 Å². The Bertz CT molecular complexity index is 1100. The zero-order valence-electron chi connectivity index (χ0n) is 20.6. The Morgan fingerprint density at radius 1 is 1.06 bits per heavy atom. The first-order valence-electron chi connectivity index (χ1n) is 12.6. The van der Waals surface area contributed by atoms with E-state index in [4.69, 9.17) is 5.73 Å². The summed E-state index contributed by atoms with van der Waals surface area (Å²) in [5.41, 5.74) is 5.90. The van der Waals surface area contributed by atoms with Crippen LogP contribution in [0.2, 0.25) is 0 Å². The van der Waals surface area contributed by atoms with Crippen molar-refractivity contribution in [3.63, 3.8) is 0 Å². The summed E-state index contributed by atoms with van der Waals surface area (Å²) < 4.78 is 2.41. The number of hydrogen-bond donors (Lipinski definition) is 2. The van der Waals surface area contributed by atoms with Crippen molar-refractivity contribution in [1.82, 2.24) is 19.4 Å². The van der Waals surface area contributed by atoms with Gasteiger partial charge in [0.05, 0.1) is 13.1 Å². The van der Waals surface area contributed by atoms with E-state index in [1.165, 1.54) is 23.8 Å². The van der Waals surface area contributed by atoms with E-state index < -0.39 is 11.2 Å². The van der Waals surface area contributed by atoms with Crippen LogP contribution in [0.3, 0.4) is 0 Å². The van der Waals surface area contributed by atoms with Crippen molar-refractivity contribution in [2.75, 3.05) is 31.9 Å². The summed E-state index contributed by atoms with van der Waals surface area (Å²) in [6.07, 6.45) is 8.01. The van der Waals surface area contributed by atoms with Gasteiger partial charge in [-0.2, -0.15) is 0 Å². The fourth-order valence-electron chi connectivity index (χ4n) is 4.49. The maximum Gasteiger partial charge on any atom is 0.332 e. The Labute approximate surface area is 205 Å². The van der Waals surface area contributed by atoms with E-state index in [9.17, 15) is 19.2 Å². The highest BCUT2D eigenvalue weighted by Crippen LogP contribution is 2.24. The molecule has 0 radical (unpaired) electrons. The van der Waals surface area contributed by atoms with Gasteiger partial charge in [-0.3, -0.25) is 28.4 Å². The van der Waals surface area contributed by atoms with Gasteiger partial charge >= 0.3 is 5.69 Å². The van der Waals surface area contributed by atoms with Crippen molar-refractivity contribution in [2.45, 2.75) is 58.5 Å². The SMILES string of the molecule is CCn1c(=O)c(C(=O)CN2CCCCC2)c(N)n(Cc2ccccc2)c1=O.O=CNCC1CCC1. The van der Waals surface area contributed by atoms with Crippen LogP contribution in [0, 0.1) is 5.92 Å². The highest BCUT2D eigenvalue weighted by atomic mass is 16.2. The van der Waals surface area contributed by atoms with Gasteiger partial charge in [-0.25, -0.2) is 4.79 Å². The molecule has 2 aromatic rings. The standard InChI is InChI=1S/C20H26N4O3.C6H11NO/c1-2-23-19(26)17(16(25)14-22-11-7-4-8-12-22)18(21)24(20(23)27)13-15-9-5-3-6-10-15;8-5-7-4-6-2-1-3-6/h3,5-6,9-10H,2,4,7-8,11-14,21H2,1H3;5-6H,1-4H2,(H,7,8). The Balaban J connectivity index is 0.000000363. The minimum atomic E-state index is -0.591. The molecule has 0 atom stereocenters. The molecule has 1 aromatic carbocycles. The zero-order valence-corrected chi connectivity index (χ0v) is 20.6. The third-order valence-electron chi connectivity index (χ3n) is 6.78. The monoisotopic (exact) mass is 483 g/mol. The molecule has 4 rings (SSSR count). The number of carbonyl (C=O) groups is 2. The molecular formula is C26H37N5O4. The molecule has 190 valence electrons. The van der Waals surface area contributed by atoms with Crippen molar-refractivity contribution in [2.24, 2.45) is 5.92 Å². The van der Waals surface area contributed by atoms with Crippen LogP contribution in [-0.2, 0) is 17.9 Å². The number of Topliss-reactive ketones (excluding diaryl/α,β-unsaturated/α-hetero) is 1. The number of benzene rings is 1. The average molecular weight is 484 g/mol. The normalized spacial score (nSPS) is 16.0. The largest absolute Gasteiger partial charge is 0.384 e. The molecule has 9 heteroatoms. The summed E-state index contributed by atoms with van der Waals surface area (Å²) in [4.78, 5) is 50.2. The van der Waals surface area contributed by atoms with Crippen LogP contribution in [0.4, 0.5) is 5.82 Å². The van der Waals surface area contributed by atoms with E-state index in [0.29, 0.717) is 0 Å². The average Bonchev–Trinajstić information content (AvgIpc) is 2.83.